The van der Waals surface area contributed by atoms with Crippen LogP contribution in [0.5, 0.6) is 0 Å². The van der Waals surface area contributed by atoms with E-state index < -0.39 is 0 Å². The average molecular weight is 297 g/mol. The van der Waals surface area contributed by atoms with Crippen molar-refractivity contribution in [2.24, 2.45) is 11.7 Å². The summed E-state index contributed by atoms with van der Waals surface area (Å²) in [6.07, 6.45) is 1.91. The Morgan fingerprint density at radius 1 is 1.60 bits per heavy atom. The Labute approximate surface area is 123 Å². The first kappa shape index (κ1) is 15.1. The summed E-state index contributed by atoms with van der Waals surface area (Å²) in [5.74, 6) is 0.749. The summed E-state index contributed by atoms with van der Waals surface area (Å²) in [4.78, 5) is 19.0. The number of amides is 1. The molecular formula is C13H23N5OS. The second kappa shape index (κ2) is 6.41. The number of nitrogens with zero attached hydrogens (tertiary/aromatic N) is 2. The third-order valence-corrected chi connectivity index (χ3v) is 4.48. The van der Waals surface area contributed by atoms with Crippen molar-refractivity contribution in [1.82, 2.24) is 10.3 Å². The summed E-state index contributed by atoms with van der Waals surface area (Å²) < 4.78 is 0. The third kappa shape index (κ3) is 3.61. The van der Waals surface area contributed by atoms with Crippen LogP contribution in [0.3, 0.4) is 0 Å². The first-order valence-corrected chi connectivity index (χ1v) is 7.84. The van der Waals surface area contributed by atoms with Gasteiger partial charge in [-0.05, 0) is 18.8 Å². The quantitative estimate of drug-likeness (QED) is 0.754. The lowest BCUT2D eigenvalue weighted by atomic mass is 10.1. The van der Waals surface area contributed by atoms with Crippen molar-refractivity contribution in [3.8, 4) is 0 Å². The molecule has 7 heteroatoms. The van der Waals surface area contributed by atoms with Crippen molar-refractivity contribution in [1.29, 1.82) is 0 Å². The van der Waals surface area contributed by atoms with Gasteiger partial charge in [-0.1, -0.05) is 25.2 Å². The van der Waals surface area contributed by atoms with Crippen LogP contribution in [-0.4, -0.2) is 36.6 Å². The highest BCUT2D eigenvalue weighted by Crippen LogP contribution is 2.30. The van der Waals surface area contributed by atoms with E-state index >= 15 is 0 Å². The summed E-state index contributed by atoms with van der Waals surface area (Å²) in [5, 5.41) is 3.69. The number of thiazole rings is 1. The minimum Gasteiger partial charge on any atom is -0.382 e. The van der Waals surface area contributed by atoms with E-state index in [-0.39, 0.29) is 11.9 Å². The molecule has 1 aromatic rings. The Balaban J connectivity index is 1.98. The molecule has 1 atom stereocenters. The molecule has 1 aromatic heterocycles. The van der Waals surface area contributed by atoms with Crippen molar-refractivity contribution in [2.45, 2.75) is 32.7 Å². The highest BCUT2D eigenvalue weighted by atomic mass is 32.1. The molecule has 2 rings (SSSR count). The maximum atomic E-state index is 12.1. The summed E-state index contributed by atoms with van der Waals surface area (Å²) >= 11 is 1.35. The average Bonchev–Trinajstić information content (AvgIpc) is 2.95. The Kier molecular flexibility index (Phi) is 4.82. The van der Waals surface area contributed by atoms with Gasteiger partial charge in [-0.2, -0.15) is 0 Å². The minimum atomic E-state index is -0.129. The van der Waals surface area contributed by atoms with E-state index in [4.69, 9.17) is 11.5 Å². The van der Waals surface area contributed by atoms with Crippen molar-refractivity contribution < 1.29 is 4.79 Å². The van der Waals surface area contributed by atoms with Gasteiger partial charge in [0.25, 0.3) is 5.91 Å². The number of nitrogens with one attached hydrogen (secondary N) is 1. The van der Waals surface area contributed by atoms with E-state index in [1.807, 2.05) is 0 Å². The zero-order chi connectivity index (χ0) is 14.7. The number of carbonyl (C=O) groups is 1. The molecule has 0 radical (unpaired) electrons. The largest absolute Gasteiger partial charge is 0.382 e. The Bertz CT molecular complexity index is 473. The van der Waals surface area contributed by atoms with Crippen LogP contribution < -0.4 is 21.7 Å². The molecule has 1 saturated heterocycles. The van der Waals surface area contributed by atoms with Gasteiger partial charge in [-0.3, -0.25) is 4.79 Å². The molecule has 0 aromatic carbocycles. The molecule has 1 unspecified atom stereocenters. The van der Waals surface area contributed by atoms with Gasteiger partial charge in [-0.15, -0.1) is 0 Å². The summed E-state index contributed by atoms with van der Waals surface area (Å²) in [6, 6.07) is 0.184. The molecule has 6 nitrogen and oxygen atoms in total. The van der Waals surface area contributed by atoms with Crippen LogP contribution in [0.2, 0.25) is 0 Å². The molecule has 2 heterocycles. The van der Waals surface area contributed by atoms with Crippen molar-refractivity contribution in [3.05, 3.63) is 4.88 Å². The molecule has 0 bridgehead atoms. The van der Waals surface area contributed by atoms with Crippen molar-refractivity contribution in [3.63, 3.8) is 0 Å². The number of carbonyl (C=O) groups excluding carboxylic acids is 1. The number of aromatic nitrogens is 1. The van der Waals surface area contributed by atoms with Crippen LogP contribution in [0.15, 0.2) is 0 Å². The molecular weight excluding hydrogens is 274 g/mol. The van der Waals surface area contributed by atoms with Gasteiger partial charge in [-0.25, -0.2) is 4.98 Å². The van der Waals surface area contributed by atoms with E-state index in [0.717, 1.165) is 31.1 Å². The highest BCUT2D eigenvalue weighted by molar-refractivity contribution is 7.18. The van der Waals surface area contributed by atoms with Crippen molar-refractivity contribution in [2.75, 3.05) is 30.3 Å². The van der Waals surface area contributed by atoms with Gasteiger partial charge in [0.1, 0.15) is 10.7 Å². The predicted octanol–water partition coefficient (Wildman–Crippen LogP) is 1.04. The summed E-state index contributed by atoms with van der Waals surface area (Å²) in [6.45, 7) is 6.57. The fourth-order valence-electron chi connectivity index (χ4n) is 2.13. The zero-order valence-electron chi connectivity index (χ0n) is 12.1. The molecule has 0 aliphatic carbocycles. The topological polar surface area (TPSA) is 97.3 Å². The maximum absolute atomic E-state index is 12.1. The number of nitrogens with two attached hydrogens (primary N) is 2. The number of hydrogen-bond donors (Lipinski definition) is 3. The molecule has 1 amide bonds. The van der Waals surface area contributed by atoms with Crippen LogP contribution in [-0.2, 0) is 0 Å². The standard InChI is InChI=1S/C13H23N5OS/c1-8(2)3-5-16-12(19)10-11(15)17-13(20-10)18-6-4-9(14)7-18/h8-9H,3-7,14-15H2,1-2H3,(H,16,19). The SMILES string of the molecule is CC(C)CCNC(=O)c1sc(N2CCC(N)C2)nc1N. The molecule has 0 saturated carbocycles. The van der Waals surface area contributed by atoms with E-state index in [1.165, 1.54) is 11.3 Å². The third-order valence-electron chi connectivity index (χ3n) is 3.35. The first-order valence-electron chi connectivity index (χ1n) is 7.02. The molecule has 112 valence electrons. The fraction of sp³-hybridized carbons (Fsp3) is 0.692. The van der Waals surface area contributed by atoms with Gasteiger partial charge in [0.05, 0.1) is 0 Å². The van der Waals surface area contributed by atoms with E-state index in [2.05, 4.69) is 29.0 Å². The van der Waals surface area contributed by atoms with E-state index in [0.29, 0.717) is 23.2 Å². The van der Waals surface area contributed by atoms with Crippen LogP contribution in [0.4, 0.5) is 10.9 Å². The highest BCUT2D eigenvalue weighted by Gasteiger charge is 2.24. The van der Waals surface area contributed by atoms with Gasteiger partial charge in [0, 0.05) is 25.7 Å². The van der Waals surface area contributed by atoms with Gasteiger partial charge < -0.3 is 21.7 Å². The second-order valence-electron chi connectivity index (χ2n) is 5.64. The number of anilines is 2. The Hall–Kier alpha value is -1.34. The lowest BCUT2D eigenvalue weighted by Gasteiger charge is -2.12. The molecule has 0 spiro atoms. The normalized spacial score (nSPS) is 18.8. The first-order chi connectivity index (χ1) is 9.47. The molecule has 20 heavy (non-hydrogen) atoms. The lowest BCUT2D eigenvalue weighted by Crippen LogP contribution is -2.26. The van der Waals surface area contributed by atoms with Gasteiger partial charge >= 0.3 is 0 Å². The smallest absolute Gasteiger partial charge is 0.265 e. The molecule has 5 N–H and O–H groups in total. The summed E-state index contributed by atoms with van der Waals surface area (Å²) in [7, 11) is 0. The Morgan fingerprint density at radius 2 is 2.35 bits per heavy atom. The fourth-order valence-corrected chi connectivity index (χ4v) is 3.07. The van der Waals surface area contributed by atoms with Crippen LogP contribution in [0, 0.1) is 5.92 Å². The van der Waals surface area contributed by atoms with Crippen molar-refractivity contribution >= 4 is 28.2 Å². The number of rotatable bonds is 5. The number of hydrogen-bond acceptors (Lipinski definition) is 6. The molecule has 1 aliphatic rings. The van der Waals surface area contributed by atoms with Crippen LogP contribution in [0.1, 0.15) is 36.4 Å². The minimum absolute atomic E-state index is 0.129. The predicted molar refractivity (Wildman–Crippen MR) is 83.1 cm³/mol. The molecule has 1 fully saturated rings. The van der Waals surface area contributed by atoms with Crippen LogP contribution in [0.25, 0.3) is 0 Å². The van der Waals surface area contributed by atoms with E-state index in [1.54, 1.807) is 0 Å². The monoisotopic (exact) mass is 297 g/mol. The lowest BCUT2D eigenvalue weighted by molar-refractivity contribution is 0.0956. The Morgan fingerprint density at radius 3 is 2.95 bits per heavy atom. The van der Waals surface area contributed by atoms with E-state index in [9.17, 15) is 4.79 Å². The maximum Gasteiger partial charge on any atom is 0.265 e. The number of nitrogen functional groups attached to an aromatic ring is 1. The summed E-state index contributed by atoms with van der Waals surface area (Å²) in [5.41, 5.74) is 11.7. The van der Waals surface area contributed by atoms with Crippen LogP contribution >= 0.6 is 11.3 Å². The zero-order valence-corrected chi connectivity index (χ0v) is 12.9. The van der Waals surface area contributed by atoms with Gasteiger partial charge in [0.15, 0.2) is 5.13 Å². The molecule has 1 aliphatic heterocycles. The second-order valence-corrected chi connectivity index (χ2v) is 6.62. The van der Waals surface area contributed by atoms with Gasteiger partial charge in [0.2, 0.25) is 0 Å².